The maximum Gasteiger partial charge on any atom is 0.146 e. The minimum atomic E-state index is 0.797. The van der Waals surface area contributed by atoms with Crippen LogP contribution >= 0.6 is 0 Å². The van der Waals surface area contributed by atoms with Crippen LogP contribution in [-0.2, 0) is 11.2 Å². The first kappa shape index (κ1) is 20.2. The molecule has 2 N–H and O–H groups in total. The van der Waals surface area contributed by atoms with E-state index >= 15 is 0 Å². The Morgan fingerprint density at radius 2 is 1.89 bits per heavy atom. The van der Waals surface area contributed by atoms with E-state index in [2.05, 4.69) is 36.0 Å². The topological polar surface area (TPSA) is 53.2 Å². The van der Waals surface area contributed by atoms with Crippen LogP contribution in [0.3, 0.4) is 0 Å². The Morgan fingerprint density at radius 1 is 1.11 bits per heavy atom. The fraction of sp³-hybridized carbons (Fsp3) is 0.458. The Morgan fingerprint density at radius 3 is 2.61 bits per heavy atom. The van der Waals surface area contributed by atoms with E-state index in [4.69, 9.17) is 9.73 Å². The average molecular weight is 380 g/mol. The Labute approximate surface area is 168 Å². The lowest BCUT2D eigenvalue weighted by Gasteiger charge is -2.01. The van der Waals surface area contributed by atoms with Crippen LogP contribution in [-0.4, -0.2) is 22.8 Å². The summed E-state index contributed by atoms with van der Waals surface area (Å²) >= 11 is 0. The highest BCUT2D eigenvalue weighted by Crippen LogP contribution is 2.25. The molecule has 2 aromatic heterocycles. The van der Waals surface area contributed by atoms with Crippen LogP contribution in [0.4, 0.5) is 0 Å². The molecule has 1 aliphatic heterocycles. The summed E-state index contributed by atoms with van der Waals surface area (Å²) in [5.41, 5.74) is 6.52. The summed E-state index contributed by atoms with van der Waals surface area (Å²) in [6.45, 7) is 4.43. The third-order valence-corrected chi connectivity index (χ3v) is 5.34. The molecule has 0 aliphatic carbocycles. The quantitative estimate of drug-likeness (QED) is 0.441. The van der Waals surface area contributed by atoms with Crippen molar-refractivity contribution in [3.8, 4) is 0 Å². The van der Waals surface area contributed by atoms with Crippen LogP contribution in [0.5, 0.6) is 0 Å². The number of nitrogens with zero attached hydrogens (tertiary/aromatic N) is 1. The summed E-state index contributed by atoms with van der Waals surface area (Å²) in [4.78, 5) is 11.4. The molecule has 1 aliphatic rings. The standard InChI is InChI=1S/C24H33N3O/c1-4-5-6-7-8-9-10-12-19-15-20(26-18(19)2)16-23-24(28-3)17-22(27-23)21-13-11-14-25-21/h11,13-17,25-26H,4-10,12H2,1-3H3/b23-16-. The highest BCUT2D eigenvalue weighted by atomic mass is 16.5. The van der Waals surface area contributed by atoms with Gasteiger partial charge < -0.3 is 14.7 Å². The molecule has 0 amide bonds. The van der Waals surface area contributed by atoms with Gasteiger partial charge in [-0.2, -0.15) is 0 Å². The molecule has 150 valence electrons. The van der Waals surface area contributed by atoms with E-state index < -0.39 is 0 Å². The van der Waals surface area contributed by atoms with E-state index in [1.54, 1.807) is 7.11 Å². The van der Waals surface area contributed by atoms with Crippen LogP contribution in [0.15, 0.2) is 46.9 Å². The zero-order valence-electron chi connectivity index (χ0n) is 17.5. The van der Waals surface area contributed by atoms with E-state index in [0.29, 0.717) is 0 Å². The molecule has 0 unspecified atom stereocenters. The molecule has 0 spiro atoms. The minimum absolute atomic E-state index is 0.797. The monoisotopic (exact) mass is 379 g/mol. The Kier molecular flexibility index (Phi) is 7.35. The van der Waals surface area contributed by atoms with Crippen LogP contribution in [0.1, 0.15) is 74.5 Å². The number of methoxy groups -OCH3 is 1. The first-order valence-electron chi connectivity index (χ1n) is 10.6. The third-order valence-electron chi connectivity index (χ3n) is 5.34. The Balaban J connectivity index is 1.60. The zero-order chi connectivity index (χ0) is 19.8. The number of ether oxygens (including phenoxy) is 1. The van der Waals surface area contributed by atoms with E-state index in [-0.39, 0.29) is 0 Å². The largest absolute Gasteiger partial charge is 0.494 e. The second-order valence-electron chi connectivity index (χ2n) is 7.57. The number of rotatable bonds is 11. The van der Waals surface area contributed by atoms with Crippen molar-refractivity contribution >= 4 is 11.8 Å². The van der Waals surface area contributed by atoms with Crippen molar-refractivity contribution in [3.05, 3.63) is 64.6 Å². The number of allylic oxidation sites excluding steroid dienone is 1. The molecule has 3 heterocycles. The van der Waals surface area contributed by atoms with E-state index in [0.717, 1.165) is 35.0 Å². The highest BCUT2D eigenvalue weighted by Gasteiger charge is 2.17. The van der Waals surface area contributed by atoms with Gasteiger partial charge in [-0.15, -0.1) is 0 Å². The molecule has 0 fully saturated rings. The number of aromatic nitrogens is 2. The van der Waals surface area contributed by atoms with E-state index in [1.165, 1.54) is 56.2 Å². The lowest BCUT2D eigenvalue weighted by molar-refractivity contribution is 0.303. The van der Waals surface area contributed by atoms with Crippen LogP contribution in [0.2, 0.25) is 0 Å². The summed E-state index contributed by atoms with van der Waals surface area (Å²) in [7, 11) is 1.69. The van der Waals surface area contributed by atoms with Gasteiger partial charge in [-0.3, -0.25) is 0 Å². The van der Waals surface area contributed by atoms with Gasteiger partial charge in [0.2, 0.25) is 0 Å². The molecule has 0 saturated carbocycles. The van der Waals surface area contributed by atoms with Crippen LogP contribution in [0, 0.1) is 6.92 Å². The zero-order valence-corrected chi connectivity index (χ0v) is 17.5. The summed E-state index contributed by atoms with van der Waals surface area (Å²) in [5.74, 6) is 0.797. The summed E-state index contributed by atoms with van der Waals surface area (Å²) in [5, 5.41) is 0. The van der Waals surface area contributed by atoms with Gasteiger partial charge in [0.05, 0.1) is 18.5 Å². The van der Waals surface area contributed by atoms with Gasteiger partial charge in [0.25, 0.3) is 0 Å². The molecule has 4 nitrogen and oxygen atoms in total. The van der Waals surface area contributed by atoms with Crippen molar-refractivity contribution in [3.63, 3.8) is 0 Å². The van der Waals surface area contributed by atoms with Crippen molar-refractivity contribution in [2.45, 2.75) is 65.2 Å². The van der Waals surface area contributed by atoms with Crippen molar-refractivity contribution in [2.75, 3.05) is 7.11 Å². The number of aliphatic imine (C=N–C) groups is 1. The van der Waals surface area contributed by atoms with Gasteiger partial charge in [-0.25, -0.2) is 4.99 Å². The molecule has 3 rings (SSSR count). The SMILES string of the molecule is CCCCCCCCCc1cc(/C=C2\N=C(c3ccc[nH]3)C=C2OC)[nH]c1C. The maximum atomic E-state index is 5.53. The smallest absolute Gasteiger partial charge is 0.146 e. The summed E-state index contributed by atoms with van der Waals surface area (Å²) < 4.78 is 5.53. The Hall–Kier alpha value is -2.49. The van der Waals surface area contributed by atoms with Gasteiger partial charge in [0, 0.05) is 23.7 Å². The maximum absolute atomic E-state index is 5.53. The molecule has 0 saturated heterocycles. The van der Waals surface area contributed by atoms with E-state index in [9.17, 15) is 0 Å². The third kappa shape index (κ3) is 5.28. The molecule has 0 atom stereocenters. The Bertz CT molecular complexity index is 837. The minimum Gasteiger partial charge on any atom is -0.494 e. The van der Waals surface area contributed by atoms with Gasteiger partial charge in [-0.1, -0.05) is 45.4 Å². The number of aryl methyl sites for hydroxylation is 2. The molecular weight excluding hydrogens is 346 g/mol. The first-order chi connectivity index (χ1) is 13.7. The van der Waals surface area contributed by atoms with E-state index in [1.807, 2.05) is 24.4 Å². The lowest BCUT2D eigenvalue weighted by Crippen LogP contribution is -1.93. The van der Waals surface area contributed by atoms with Crippen molar-refractivity contribution < 1.29 is 4.74 Å². The molecule has 0 bridgehead atoms. The number of hydrogen-bond acceptors (Lipinski definition) is 2. The van der Waals surface area contributed by atoms with Crippen molar-refractivity contribution in [1.82, 2.24) is 9.97 Å². The van der Waals surface area contributed by atoms with Crippen molar-refractivity contribution in [1.29, 1.82) is 0 Å². The summed E-state index contributed by atoms with van der Waals surface area (Å²) in [6.07, 6.45) is 16.5. The normalized spacial score (nSPS) is 15.2. The van der Waals surface area contributed by atoms with Gasteiger partial charge >= 0.3 is 0 Å². The lowest BCUT2D eigenvalue weighted by atomic mass is 10.0. The molecule has 28 heavy (non-hydrogen) atoms. The molecule has 0 radical (unpaired) electrons. The second-order valence-corrected chi connectivity index (χ2v) is 7.57. The molecule has 0 aromatic carbocycles. The number of hydrogen-bond donors (Lipinski definition) is 2. The number of nitrogens with one attached hydrogen (secondary N) is 2. The fourth-order valence-corrected chi connectivity index (χ4v) is 3.70. The number of unbranched alkanes of at least 4 members (excludes halogenated alkanes) is 6. The predicted octanol–water partition coefficient (Wildman–Crippen LogP) is 6.32. The van der Waals surface area contributed by atoms with Gasteiger partial charge in [0.15, 0.2) is 0 Å². The highest BCUT2D eigenvalue weighted by molar-refractivity contribution is 6.11. The first-order valence-corrected chi connectivity index (χ1v) is 10.6. The van der Waals surface area contributed by atoms with Crippen LogP contribution in [0.25, 0.3) is 6.08 Å². The molecular formula is C24H33N3O. The average Bonchev–Trinajstić information content (AvgIpc) is 3.41. The van der Waals surface area contributed by atoms with Crippen LogP contribution < -0.4 is 0 Å². The van der Waals surface area contributed by atoms with Crippen molar-refractivity contribution in [2.24, 2.45) is 4.99 Å². The predicted molar refractivity (Wildman–Crippen MR) is 118 cm³/mol. The molecule has 2 aromatic rings. The summed E-state index contributed by atoms with van der Waals surface area (Å²) in [6, 6.07) is 6.25. The molecule has 4 heteroatoms. The number of aromatic amines is 2. The second kappa shape index (κ2) is 10.2. The van der Waals surface area contributed by atoms with Gasteiger partial charge in [0.1, 0.15) is 11.5 Å². The van der Waals surface area contributed by atoms with Gasteiger partial charge in [-0.05, 0) is 49.6 Å². The fourth-order valence-electron chi connectivity index (χ4n) is 3.70. The number of H-pyrrole nitrogens is 2.